The monoisotopic (exact) mass is 313 g/mol. The van der Waals surface area contributed by atoms with Crippen molar-refractivity contribution in [2.75, 3.05) is 19.9 Å². The Morgan fingerprint density at radius 3 is 2.52 bits per heavy atom. The molecule has 0 radical (unpaired) electrons. The summed E-state index contributed by atoms with van der Waals surface area (Å²) in [5.74, 6) is 0. The summed E-state index contributed by atoms with van der Waals surface area (Å²) in [5, 5.41) is 3.42. The quantitative estimate of drug-likeness (QED) is 0.802. The van der Waals surface area contributed by atoms with Gasteiger partial charge in [-0.05, 0) is 50.9 Å². The van der Waals surface area contributed by atoms with Gasteiger partial charge in [-0.3, -0.25) is 0 Å². The van der Waals surface area contributed by atoms with Crippen LogP contribution in [0.2, 0.25) is 0 Å². The third-order valence-electron chi connectivity index (χ3n) is 3.73. The summed E-state index contributed by atoms with van der Waals surface area (Å²) in [6.45, 7) is 7.00. The average molecular weight is 313 g/mol. The Bertz CT molecular complexity index is 552. The number of nitrogens with one attached hydrogen (secondary N) is 1. The van der Waals surface area contributed by atoms with Gasteiger partial charge in [0, 0.05) is 19.4 Å². The normalized spacial score (nSPS) is 14.1. The summed E-state index contributed by atoms with van der Waals surface area (Å²) in [5.41, 5.74) is 0.828. The van der Waals surface area contributed by atoms with Crippen molar-refractivity contribution in [1.29, 1.82) is 0 Å². The van der Waals surface area contributed by atoms with Crippen LogP contribution in [0.1, 0.15) is 45.2 Å². The molecule has 0 aliphatic heterocycles. The van der Waals surface area contributed by atoms with Crippen LogP contribution in [-0.4, -0.2) is 33.9 Å². The fourth-order valence-corrected chi connectivity index (χ4v) is 2.86. The number of rotatable bonds is 8. The molecule has 1 unspecified atom stereocenters. The zero-order valence-corrected chi connectivity index (χ0v) is 14.5. The van der Waals surface area contributed by atoms with Crippen molar-refractivity contribution in [2.24, 2.45) is 0 Å². The van der Waals surface area contributed by atoms with Crippen molar-refractivity contribution in [3.8, 4) is 0 Å². The van der Waals surface area contributed by atoms with Gasteiger partial charge in [0.2, 0.25) is 0 Å². The lowest BCUT2D eigenvalue weighted by molar-refractivity contribution is 0.0117. The van der Waals surface area contributed by atoms with E-state index >= 15 is 0 Å². The Labute approximate surface area is 128 Å². The first-order chi connectivity index (χ1) is 9.69. The van der Waals surface area contributed by atoms with E-state index in [-0.39, 0.29) is 11.6 Å². The van der Waals surface area contributed by atoms with Crippen LogP contribution in [0.4, 0.5) is 0 Å². The zero-order valence-electron chi connectivity index (χ0n) is 13.6. The van der Waals surface area contributed by atoms with Crippen LogP contribution in [0.5, 0.6) is 0 Å². The van der Waals surface area contributed by atoms with Gasteiger partial charge in [0.1, 0.15) is 0 Å². The summed E-state index contributed by atoms with van der Waals surface area (Å²) < 4.78 is 28.8. The number of sulfone groups is 1. The highest BCUT2D eigenvalue weighted by atomic mass is 32.2. The molecule has 1 N–H and O–H groups in total. The fourth-order valence-electron chi connectivity index (χ4n) is 2.19. The Hall–Kier alpha value is -0.910. The van der Waals surface area contributed by atoms with Crippen molar-refractivity contribution in [1.82, 2.24) is 5.32 Å². The number of benzene rings is 1. The highest BCUT2D eigenvalue weighted by Gasteiger charge is 2.20. The van der Waals surface area contributed by atoms with E-state index in [0.717, 1.165) is 24.9 Å². The van der Waals surface area contributed by atoms with Crippen molar-refractivity contribution < 1.29 is 13.2 Å². The smallest absolute Gasteiger partial charge is 0.175 e. The summed E-state index contributed by atoms with van der Waals surface area (Å²) in [6, 6.07) is 7.31. The van der Waals surface area contributed by atoms with Crippen LogP contribution < -0.4 is 5.32 Å². The van der Waals surface area contributed by atoms with Crippen LogP contribution >= 0.6 is 0 Å². The van der Waals surface area contributed by atoms with Gasteiger partial charge >= 0.3 is 0 Å². The van der Waals surface area contributed by atoms with Crippen molar-refractivity contribution in [3.05, 3.63) is 29.8 Å². The largest absolute Gasteiger partial charge is 0.379 e. The van der Waals surface area contributed by atoms with Gasteiger partial charge in [0.05, 0.1) is 10.5 Å². The van der Waals surface area contributed by atoms with Gasteiger partial charge in [-0.2, -0.15) is 0 Å². The molecule has 0 saturated carbocycles. The molecule has 0 aromatic heterocycles. The maximum absolute atomic E-state index is 11.7. The van der Waals surface area contributed by atoms with Crippen LogP contribution in [0, 0.1) is 0 Å². The lowest BCUT2D eigenvalue weighted by Gasteiger charge is -2.26. The zero-order chi connectivity index (χ0) is 16.1. The Kier molecular flexibility index (Phi) is 6.38. The minimum Gasteiger partial charge on any atom is -0.379 e. The number of hydrogen-bond acceptors (Lipinski definition) is 4. The summed E-state index contributed by atoms with van der Waals surface area (Å²) in [7, 11) is -1.46. The van der Waals surface area contributed by atoms with Crippen LogP contribution in [-0.2, 0) is 14.6 Å². The lowest BCUT2D eigenvalue weighted by Crippen LogP contribution is -2.27. The Balaban J connectivity index is 2.95. The first-order valence-electron chi connectivity index (χ1n) is 7.28. The van der Waals surface area contributed by atoms with Gasteiger partial charge in [-0.1, -0.05) is 19.1 Å². The molecule has 0 spiro atoms. The predicted octanol–water partition coefficient (Wildman–Crippen LogP) is 2.95. The molecule has 4 nitrogen and oxygen atoms in total. The first-order valence-corrected chi connectivity index (χ1v) is 9.17. The molecule has 0 amide bonds. The first kappa shape index (κ1) is 18.1. The molecule has 0 saturated heterocycles. The third-order valence-corrected chi connectivity index (χ3v) is 4.84. The molecule has 1 atom stereocenters. The van der Waals surface area contributed by atoms with Crippen molar-refractivity contribution >= 4 is 9.84 Å². The van der Waals surface area contributed by atoms with E-state index in [9.17, 15) is 8.42 Å². The Morgan fingerprint density at radius 1 is 1.33 bits per heavy atom. The molecule has 0 fully saturated rings. The maximum Gasteiger partial charge on any atom is 0.175 e. The molecule has 1 aromatic rings. The van der Waals surface area contributed by atoms with Gasteiger partial charge in [0.25, 0.3) is 0 Å². The highest BCUT2D eigenvalue weighted by molar-refractivity contribution is 7.90. The van der Waals surface area contributed by atoms with E-state index in [4.69, 9.17) is 4.74 Å². The van der Waals surface area contributed by atoms with E-state index in [1.165, 1.54) is 6.26 Å². The van der Waals surface area contributed by atoms with Crippen LogP contribution in [0.25, 0.3) is 0 Å². The minimum atomic E-state index is -3.17. The summed E-state index contributed by atoms with van der Waals surface area (Å²) in [6.07, 6.45) is 3.02. The number of hydrogen-bond donors (Lipinski definition) is 1. The maximum atomic E-state index is 11.7. The lowest BCUT2D eigenvalue weighted by atomic mass is 9.95. The summed E-state index contributed by atoms with van der Waals surface area (Å²) >= 11 is 0. The molecule has 0 aliphatic carbocycles. The Morgan fingerprint density at radius 2 is 2.00 bits per heavy atom. The van der Waals surface area contributed by atoms with Gasteiger partial charge in [-0.15, -0.1) is 0 Å². The molecule has 21 heavy (non-hydrogen) atoms. The molecular weight excluding hydrogens is 286 g/mol. The van der Waals surface area contributed by atoms with Crippen LogP contribution in [0.3, 0.4) is 0 Å². The van der Waals surface area contributed by atoms with Crippen molar-refractivity contribution in [3.63, 3.8) is 0 Å². The van der Waals surface area contributed by atoms with Crippen molar-refractivity contribution in [2.45, 2.75) is 50.2 Å². The number of ether oxygens (including phenoxy) is 1. The van der Waals surface area contributed by atoms with E-state index in [0.29, 0.717) is 4.90 Å². The second kappa shape index (κ2) is 7.38. The van der Waals surface area contributed by atoms with Gasteiger partial charge in [0.15, 0.2) is 9.84 Å². The van der Waals surface area contributed by atoms with E-state index < -0.39 is 9.84 Å². The molecule has 1 rings (SSSR count). The third kappa shape index (κ3) is 5.77. The van der Waals surface area contributed by atoms with E-state index in [1.54, 1.807) is 25.3 Å². The highest BCUT2D eigenvalue weighted by Crippen LogP contribution is 2.26. The molecular formula is C16H27NO3S. The molecule has 5 heteroatoms. The summed E-state index contributed by atoms with van der Waals surface area (Å²) in [4.78, 5) is 0.369. The van der Waals surface area contributed by atoms with E-state index in [2.05, 4.69) is 26.1 Å². The fraction of sp³-hybridized carbons (Fsp3) is 0.625. The SMILES string of the molecule is CCNC(CCC(C)(C)OC)c1cccc(S(C)(=O)=O)c1. The van der Waals surface area contributed by atoms with Crippen LogP contribution in [0.15, 0.2) is 29.2 Å². The van der Waals surface area contributed by atoms with Gasteiger partial charge < -0.3 is 10.1 Å². The predicted molar refractivity (Wildman–Crippen MR) is 86.3 cm³/mol. The molecule has 0 heterocycles. The molecule has 120 valence electrons. The second-order valence-electron chi connectivity index (χ2n) is 5.96. The topological polar surface area (TPSA) is 55.4 Å². The average Bonchev–Trinajstić information content (AvgIpc) is 2.42. The second-order valence-corrected chi connectivity index (χ2v) is 7.97. The standard InChI is InChI=1S/C16H27NO3S/c1-6-17-15(10-11-16(2,3)20-4)13-8-7-9-14(12-13)21(5,18)19/h7-9,12,15,17H,6,10-11H2,1-5H3. The molecule has 0 bridgehead atoms. The molecule has 1 aromatic carbocycles. The minimum absolute atomic E-state index is 0.131. The van der Waals surface area contributed by atoms with Gasteiger partial charge in [-0.25, -0.2) is 8.42 Å². The number of methoxy groups -OCH3 is 1. The molecule has 0 aliphatic rings. The van der Waals surface area contributed by atoms with E-state index in [1.807, 2.05) is 6.07 Å².